The molecule has 0 radical (unpaired) electrons. The fourth-order valence-corrected chi connectivity index (χ4v) is 4.95. The first-order chi connectivity index (χ1) is 14.8. The molecule has 1 saturated heterocycles. The fourth-order valence-electron chi connectivity index (χ4n) is 3.63. The van der Waals surface area contributed by atoms with E-state index >= 15 is 0 Å². The maximum absolute atomic E-state index is 13.5. The zero-order valence-corrected chi connectivity index (χ0v) is 18.6. The van der Waals surface area contributed by atoms with Crippen LogP contribution in [0.3, 0.4) is 0 Å². The number of sulfone groups is 1. The zero-order valence-electron chi connectivity index (χ0n) is 17.8. The monoisotopic (exact) mass is 439 g/mol. The number of oxazole rings is 1. The first kappa shape index (κ1) is 21.1. The Balaban J connectivity index is 1.79. The van der Waals surface area contributed by atoms with E-state index in [0.29, 0.717) is 31.7 Å². The summed E-state index contributed by atoms with van der Waals surface area (Å²) in [5.41, 5.74) is 2.71. The summed E-state index contributed by atoms with van der Waals surface area (Å²) in [6, 6.07) is 14.3. The molecule has 31 heavy (non-hydrogen) atoms. The highest BCUT2D eigenvalue weighted by Crippen LogP contribution is 2.35. The van der Waals surface area contributed by atoms with Crippen LogP contribution in [0.5, 0.6) is 0 Å². The van der Waals surface area contributed by atoms with Crippen LogP contribution in [0.15, 0.2) is 62.9 Å². The van der Waals surface area contributed by atoms with Crippen molar-refractivity contribution in [1.29, 1.82) is 0 Å². The van der Waals surface area contributed by atoms with Gasteiger partial charge in [0.05, 0.1) is 4.90 Å². The summed E-state index contributed by atoms with van der Waals surface area (Å²) in [4.78, 5) is 19.9. The molecule has 0 bridgehead atoms. The minimum atomic E-state index is -3.89. The van der Waals surface area contributed by atoms with Crippen LogP contribution in [0, 0.1) is 13.8 Å². The minimum Gasteiger partial charge on any atom is -0.419 e. The summed E-state index contributed by atoms with van der Waals surface area (Å²) in [5.74, 6) is 0.490. The number of aryl methyl sites for hydroxylation is 2. The number of rotatable bonds is 4. The normalized spacial score (nSPS) is 14.7. The van der Waals surface area contributed by atoms with Gasteiger partial charge in [-0.05, 0) is 38.1 Å². The molecule has 0 unspecified atom stereocenters. The minimum absolute atomic E-state index is 0.00479. The Kier molecular flexibility index (Phi) is 5.58. The molecule has 4 rings (SSSR count). The number of amides is 1. The molecule has 1 amide bonds. The first-order valence-electron chi connectivity index (χ1n) is 10.2. The first-order valence-corrected chi connectivity index (χ1v) is 11.6. The molecular formula is C23H25N3O4S. The van der Waals surface area contributed by atoms with Crippen molar-refractivity contribution in [1.82, 2.24) is 9.88 Å². The summed E-state index contributed by atoms with van der Waals surface area (Å²) in [6.07, 6.45) is 0. The van der Waals surface area contributed by atoms with E-state index in [2.05, 4.69) is 4.98 Å². The van der Waals surface area contributed by atoms with Crippen LogP contribution >= 0.6 is 0 Å². The maximum Gasteiger partial charge on any atom is 0.236 e. The second-order valence-corrected chi connectivity index (χ2v) is 9.67. The average molecular weight is 440 g/mol. The number of benzene rings is 2. The lowest BCUT2D eigenvalue weighted by molar-refractivity contribution is -0.129. The molecule has 1 fully saturated rings. The van der Waals surface area contributed by atoms with Crippen molar-refractivity contribution in [3.63, 3.8) is 0 Å². The molecule has 8 heteroatoms. The van der Waals surface area contributed by atoms with E-state index < -0.39 is 9.84 Å². The van der Waals surface area contributed by atoms with Gasteiger partial charge < -0.3 is 14.2 Å². The van der Waals surface area contributed by atoms with Crippen LogP contribution in [-0.2, 0) is 14.6 Å². The molecule has 0 aliphatic carbocycles. The molecule has 0 saturated carbocycles. The third-order valence-corrected chi connectivity index (χ3v) is 7.11. The maximum atomic E-state index is 13.5. The Hall–Kier alpha value is -3.13. The van der Waals surface area contributed by atoms with Gasteiger partial charge in [-0.15, -0.1) is 0 Å². The van der Waals surface area contributed by atoms with Gasteiger partial charge in [0.1, 0.15) is 0 Å². The highest BCUT2D eigenvalue weighted by Gasteiger charge is 2.33. The van der Waals surface area contributed by atoms with E-state index in [9.17, 15) is 13.2 Å². The van der Waals surface area contributed by atoms with Crippen molar-refractivity contribution in [3.8, 4) is 11.5 Å². The number of carbonyl (C=O) groups excluding carboxylic acids is 1. The van der Waals surface area contributed by atoms with Crippen LogP contribution in [0.2, 0.25) is 0 Å². The van der Waals surface area contributed by atoms with E-state index in [1.165, 1.54) is 6.92 Å². The number of nitrogens with zero attached hydrogens (tertiary/aromatic N) is 3. The quantitative estimate of drug-likeness (QED) is 0.619. The van der Waals surface area contributed by atoms with E-state index in [0.717, 1.165) is 11.1 Å². The third-order valence-electron chi connectivity index (χ3n) is 5.44. The predicted octanol–water partition coefficient (Wildman–Crippen LogP) is 3.46. The van der Waals surface area contributed by atoms with Crippen molar-refractivity contribution < 1.29 is 17.6 Å². The summed E-state index contributed by atoms with van der Waals surface area (Å²) in [6.45, 7) is 7.34. The fraction of sp³-hybridized carbons (Fsp3) is 0.304. The molecule has 1 aliphatic rings. The molecule has 162 valence electrons. The molecule has 7 nitrogen and oxygen atoms in total. The van der Waals surface area contributed by atoms with Crippen molar-refractivity contribution in [2.75, 3.05) is 31.1 Å². The van der Waals surface area contributed by atoms with E-state index in [1.807, 2.05) is 43.0 Å². The summed E-state index contributed by atoms with van der Waals surface area (Å²) >= 11 is 0. The second-order valence-electron chi connectivity index (χ2n) is 7.81. The summed E-state index contributed by atoms with van der Waals surface area (Å²) in [7, 11) is -3.89. The van der Waals surface area contributed by atoms with Crippen LogP contribution in [0.1, 0.15) is 18.1 Å². The van der Waals surface area contributed by atoms with Crippen LogP contribution in [0.25, 0.3) is 11.5 Å². The summed E-state index contributed by atoms with van der Waals surface area (Å²) in [5, 5.41) is -0.0934. The van der Waals surface area contributed by atoms with Gasteiger partial charge in [-0.2, -0.15) is 4.98 Å². The number of piperazine rings is 1. The van der Waals surface area contributed by atoms with Gasteiger partial charge in [-0.1, -0.05) is 35.4 Å². The smallest absolute Gasteiger partial charge is 0.236 e. The number of aromatic nitrogens is 1. The van der Waals surface area contributed by atoms with Gasteiger partial charge in [-0.25, -0.2) is 8.42 Å². The number of carbonyl (C=O) groups is 1. The summed E-state index contributed by atoms with van der Waals surface area (Å²) < 4.78 is 33.0. The molecule has 0 spiro atoms. The zero-order chi connectivity index (χ0) is 22.2. The van der Waals surface area contributed by atoms with Crippen molar-refractivity contribution >= 4 is 21.6 Å². The number of anilines is 1. The lowest BCUT2D eigenvalue weighted by Crippen LogP contribution is -2.48. The Bertz CT molecular complexity index is 1210. The van der Waals surface area contributed by atoms with Crippen molar-refractivity contribution in [2.45, 2.75) is 30.7 Å². The highest BCUT2D eigenvalue weighted by atomic mass is 32.2. The van der Waals surface area contributed by atoms with Crippen molar-refractivity contribution in [3.05, 3.63) is 59.7 Å². The standard InChI is InChI=1S/C23H25N3O4S/c1-16-7-9-20(10-8-16)31(28,29)22-23(26-13-11-25(12-14-26)18(3)27)30-21(24-22)19-6-4-5-17(2)15-19/h4-10,15H,11-14H2,1-3H3. The largest absolute Gasteiger partial charge is 0.419 e. The molecule has 2 aromatic carbocycles. The predicted molar refractivity (Wildman–Crippen MR) is 118 cm³/mol. The lowest BCUT2D eigenvalue weighted by Gasteiger charge is -2.34. The van der Waals surface area contributed by atoms with Gasteiger partial charge >= 0.3 is 0 Å². The van der Waals surface area contributed by atoms with Crippen LogP contribution in [-0.4, -0.2) is 50.4 Å². The Labute approximate surface area is 182 Å². The Morgan fingerprint density at radius 3 is 2.26 bits per heavy atom. The van der Waals surface area contributed by atoms with Gasteiger partial charge in [0, 0.05) is 38.7 Å². The molecule has 0 N–H and O–H groups in total. The van der Waals surface area contributed by atoms with Gasteiger partial charge in [-0.3, -0.25) is 4.79 Å². The highest BCUT2D eigenvalue weighted by molar-refractivity contribution is 7.91. The van der Waals surface area contributed by atoms with Crippen molar-refractivity contribution in [2.24, 2.45) is 0 Å². The van der Waals surface area contributed by atoms with Gasteiger partial charge in [0.15, 0.2) is 0 Å². The average Bonchev–Trinajstić information content (AvgIpc) is 3.21. The van der Waals surface area contributed by atoms with Gasteiger partial charge in [0.2, 0.25) is 32.5 Å². The molecule has 3 aromatic rings. The Morgan fingerprint density at radius 2 is 1.65 bits per heavy atom. The topological polar surface area (TPSA) is 83.7 Å². The third kappa shape index (κ3) is 4.20. The number of hydrogen-bond acceptors (Lipinski definition) is 6. The second kappa shape index (κ2) is 8.19. The van der Waals surface area contributed by atoms with Crippen LogP contribution < -0.4 is 4.90 Å². The van der Waals surface area contributed by atoms with E-state index in [4.69, 9.17) is 4.42 Å². The number of hydrogen-bond donors (Lipinski definition) is 0. The van der Waals surface area contributed by atoms with Crippen LogP contribution in [0.4, 0.5) is 5.88 Å². The molecule has 1 aliphatic heterocycles. The van der Waals surface area contributed by atoms with E-state index in [-0.39, 0.29) is 27.6 Å². The molecular weight excluding hydrogens is 414 g/mol. The van der Waals surface area contributed by atoms with Gasteiger partial charge in [0.25, 0.3) is 0 Å². The Morgan fingerprint density at radius 1 is 0.968 bits per heavy atom. The lowest BCUT2D eigenvalue weighted by atomic mass is 10.1. The molecule has 1 aromatic heterocycles. The molecule has 0 atom stereocenters. The SMILES string of the molecule is CC(=O)N1CCN(c2oc(-c3cccc(C)c3)nc2S(=O)(=O)c2ccc(C)cc2)CC1. The van der Waals surface area contributed by atoms with E-state index in [1.54, 1.807) is 29.2 Å². The molecule has 2 heterocycles.